The Balaban J connectivity index is 1.55. The van der Waals surface area contributed by atoms with Gasteiger partial charge in [0.1, 0.15) is 17.1 Å². The number of rotatable bonds is 11. The summed E-state index contributed by atoms with van der Waals surface area (Å²) in [5.74, 6) is -2.11. The molecule has 9 heteroatoms. The van der Waals surface area contributed by atoms with Crippen molar-refractivity contribution in [1.82, 2.24) is 0 Å². The molecule has 0 aromatic heterocycles. The number of unbranched alkanes of at least 4 members (excludes halogenated alkanes) is 2. The van der Waals surface area contributed by atoms with E-state index in [1.807, 2.05) is 6.92 Å². The number of carbonyl (C=O) groups excluding carboxylic acids is 1. The molecule has 0 bridgehead atoms. The number of Topliss-reactive ketones (excluding diaryl/α,β-unsaturated/α-hetero) is 1. The Morgan fingerprint density at radius 2 is 1.57 bits per heavy atom. The van der Waals surface area contributed by atoms with E-state index in [0.29, 0.717) is 59.9 Å². The molecule has 3 aromatic rings. The van der Waals surface area contributed by atoms with Crippen molar-refractivity contribution in [3.63, 3.8) is 0 Å². The zero-order valence-corrected chi connectivity index (χ0v) is 20.6. The summed E-state index contributed by atoms with van der Waals surface area (Å²) in [7, 11) is 0. The SMILES string of the molecule is CCCc1c(OCCCCCC(=O)c2ccc3c(Cl)c(O)c(O)c(Cl)c3c2)ccc(C(=O)O)c1O. The first-order valence-corrected chi connectivity index (χ1v) is 12.0. The summed E-state index contributed by atoms with van der Waals surface area (Å²) in [6.07, 6.45) is 3.55. The van der Waals surface area contributed by atoms with Crippen LogP contribution in [0.5, 0.6) is 23.0 Å². The fourth-order valence-electron chi connectivity index (χ4n) is 3.86. The molecule has 4 N–H and O–H groups in total. The fourth-order valence-corrected chi connectivity index (χ4v) is 4.36. The Morgan fingerprint density at radius 1 is 0.886 bits per heavy atom. The minimum Gasteiger partial charge on any atom is -0.507 e. The van der Waals surface area contributed by atoms with Gasteiger partial charge in [-0.15, -0.1) is 0 Å². The number of ketones is 1. The molecule has 0 spiro atoms. The van der Waals surface area contributed by atoms with Crippen LogP contribution in [0.3, 0.4) is 0 Å². The lowest BCUT2D eigenvalue weighted by atomic mass is 10.0. The van der Waals surface area contributed by atoms with E-state index in [4.69, 9.17) is 27.9 Å². The molecule has 0 amide bonds. The molecule has 0 fully saturated rings. The van der Waals surface area contributed by atoms with Crippen molar-refractivity contribution in [3.05, 3.63) is 57.1 Å². The molecule has 0 aliphatic carbocycles. The number of phenolic OH excluding ortho intramolecular Hbond substituents is 2. The van der Waals surface area contributed by atoms with Crippen LogP contribution < -0.4 is 4.74 Å². The molecule has 0 aliphatic heterocycles. The maximum Gasteiger partial charge on any atom is 0.339 e. The van der Waals surface area contributed by atoms with Crippen LogP contribution in [-0.2, 0) is 6.42 Å². The van der Waals surface area contributed by atoms with Crippen LogP contribution in [0.25, 0.3) is 10.8 Å². The van der Waals surface area contributed by atoms with Crippen molar-refractivity contribution in [3.8, 4) is 23.0 Å². The van der Waals surface area contributed by atoms with E-state index >= 15 is 0 Å². The topological polar surface area (TPSA) is 124 Å². The average molecular weight is 521 g/mol. The molecule has 0 radical (unpaired) electrons. The quantitative estimate of drug-likeness (QED) is 0.125. The van der Waals surface area contributed by atoms with E-state index in [1.54, 1.807) is 24.3 Å². The van der Waals surface area contributed by atoms with E-state index in [1.165, 1.54) is 6.07 Å². The fraction of sp³-hybridized carbons (Fsp3) is 0.308. The average Bonchev–Trinajstić information content (AvgIpc) is 2.84. The Morgan fingerprint density at radius 3 is 2.23 bits per heavy atom. The van der Waals surface area contributed by atoms with Crippen molar-refractivity contribution < 1.29 is 34.8 Å². The Kier molecular flexibility index (Phi) is 8.70. The van der Waals surface area contributed by atoms with Crippen molar-refractivity contribution in [2.45, 2.75) is 45.4 Å². The van der Waals surface area contributed by atoms with E-state index in [-0.39, 0.29) is 27.1 Å². The summed E-state index contributed by atoms with van der Waals surface area (Å²) in [5.41, 5.74) is 0.760. The summed E-state index contributed by atoms with van der Waals surface area (Å²) in [6, 6.07) is 7.63. The normalized spacial score (nSPS) is 11.1. The molecule has 35 heavy (non-hydrogen) atoms. The maximum atomic E-state index is 12.6. The number of halogens is 2. The lowest BCUT2D eigenvalue weighted by Gasteiger charge is -2.14. The number of benzene rings is 3. The monoisotopic (exact) mass is 520 g/mol. The van der Waals surface area contributed by atoms with Crippen LogP contribution >= 0.6 is 23.2 Å². The lowest BCUT2D eigenvalue weighted by Crippen LogP contribution is -2.05. The second-order valence-electron chi connectivity index (χ2n) is 8.16. The number of hydrogen-bond donors (Lipinski definition) is 4. The Bertz CT molecular complexity index is 1270. The Hall–Kier alpha value is -3.16. The van der Waals surface area contributed by atoms with Gasteiger partial charge in [0.2, 0.25) is 0 Å². The molecule has 0 atom stereocenters. The van der Waals surface area contributed by atoms with Gasteiger partial charge in [0.15, 0.2) is 17.3 Å². The minimum atomic E-state index is -1.19. The summed E-state index contributed by atoms with van der Waals surface area (Å²) in [5, 5.41) is 39.9. The number of aromatic hydroxyl groups is 3. The molecule has 3 aromatic carbocycles. The van der Waals surface area contributed by atoms with Crippen molar-refractivity contribution in [2.75, 3.05) is 6.61 Å². The highest BCUT2D eigenvalue weighted by Crippen LogP contribution is 2.46. The summed E-state index contributed by atoms with van der Waals surface area (Å²) >= 11 is 12.2. The molecular formula is C26H26Cl2O7. The van der Waals surface area contributed by atoms with Gasteiger partial charge >= 0.3 is 5.97 Å². The molecule has 7 nitrogen and oxygen atoms in total. The Labute approximate surface area is 212 Å². The second-order valence-corrected chi connectivity index (χ2v) is 8.92. The van der Waals surface area contributed by atoms with E-state index < -0.39 is 17.5 Å². The number of carboxylic acids is 1. The van der Waals surface area contributed by atoms with Gasteiger partial charge in [-0.05, 0) is 43.9 Å². The highest BCUT2D eigenvalue weighted by molar-refractivity contribution is 6.43. The highest BCUT2D eigenvalue weighted by atomic mass is 35.5. The molecular weight excluding hydrogens is 495 g/mol. The zero-order chi connectivity index (χ0) is 25.7. The zero-order valence-electron chi connectivity index (χ0n) is 19.1. The number of carbonyl (C=O) groups is 2. The third-order valence-corrected chi connectivity index (χ3v) is 6.50. The van der Waals surface area contributed by atoms with Gasteiger partial charge in [-0.1, -0.05) is 48.7 Å². The second kappa shape index (κ2) is 11.5. The number of ether oxygens (including phenoxy) is 1. The largest absolute Gasteiger partial charge is 0.507 e. The van der Waals surface area contributed by atoms with Crippen LogP contribution in [0.1, 0.15) is 65.3 Å². The smallest absolute Gasteiger partial charge is 0.339 e. The number of phenols is 3. The van der Waals surface area contributed by atoms with Crippen LogP contribution in [0.15, 0.2) is 30.3 Å². The third kappa shape index (κ3) is 5.74. The summed E-state index contributed by atoms with van der Waals surface area (Å²) < 4.78 is 5.78. The van der Waals surface area contributed by atoms with E-state index in [2.05, 4.69) is 0 Å². The van der Waals surface area contributed by atoms with Gasteiger partial charge in [-0.25, -0.2) is 4.79 Å². The number of fused-ring (bicyclic) bond motifs is 1. The standard InChI is InChI=1S/C26H26Cl2O7/c1-2-6-16-20(11-10-17(23(16)30)26(33)34)35-12-5-3-4-7-19(29)14-8-9-15-18(13-14)22(28)25(32)24(31)21(15)27/h8-11,13,30-32H,2-7,12H2,1H3,(H,33,34). The van der Waals surface area contributed by atoms with Gasteiger partial charge in [-0.2, -0.15) is 0 Å². The predicted molar refractivity (Wildman–Crippen MR) is 135 cm³/mol. The summed E-state index contributed by atoms with van der Waals surface area (Å²) in [6.45, 7) is 2.29. The number of carboxylic acid groups (broad SMARTS) is 1. The molecule has 3 rings (SSSR count). The first kappa shape index (κ1) is 26.4. The van der Waals surface area contributed by atoms with Crippen LogP contribution in [0, 0.1) is 0 Å². The minimum absolute atomic E-state index is 0.0334. The van der Waals surface area contributed by atoms with Gasteiger partial charge in [-0.3, -0.25) is 4.79 Å². The van der Waals surface area contributed by atoms with E-state index in [9.17, 15) is 30.0 Å². The molecule has 0 saturated carbocycles. The molecule has 0 unspecified atom stereocenters. The number of hydrogen-bond acceptors (Lipinski definition) is 6. The van der Waals surface area contributed by atoms with Crippen LogP contribution in [-0.4, -0.2) is 38.8 Å². The van der Waals surface area contributed by atoms with Crippen LogP contribution in [0.2, 0.25) is 10.0 Å². The van der Waals surface area contributed by atoms with Crippen molar-refractivity contribution in [2.24, 2.45) is 0 Å². The van der Waals surface area contributed by atoms with Crippen molar-refractivity contribution in [1.29, 1.82) is 0 Å². The molecule has 0 saturated heterocycles. The molecule has 186 valence electrons. The molecule has 0 aliphatic rings. The third-order valence-electron chi connectivity index (χ3n) is 5.73. The van der Waals surface area contributed by atoms with Gasteiger partial charge in [0.25, 0.3) is 0 Å². The first-order valence-electron chi connectivity index (χ1n) is 11.2. The number of aromatic carboxylic acids is 1. The molecule has 0 heterocycles. The van der Waals surface area contributed by atoms with Gasteiger partial charge in [0.05, 0.1) is 16.7 Å². The summed E-state index contributed by atoms with van der Waals surface area (Å²) in [4.78, 5) is 23.9. The maximum absolute atomic E-state index is 12.6. The lowest BCUT2D eigenvalue weighted by molar-refractivity contribution is 0.0693. The van der Waals surface area contributed by atoms with Gasteiger partial charge < -0.3 is 25.2 Å². The van der Waals surface area contributed by atoms with E-state index in [0.717, 1.165) is 12.8 Å². The van der Waals surface area contributed by atoms with Gasteiger partial charge in [0, 0.05) is 28.3 Å². The van der Waals surface area contributed by atoms with Crippen molar-refractivity contribution >= 4 is 45.7 Å². The predicted octanol–water partition coefficient (Wildman–Crippen LogP) is 6.74. The first-order chi connectivity index (χ1) is 16.7. The van der Waals surface area contributed by atoms with Crippen LogP contribution in [0.4, 0.5) is 0 Å². The highest BCUT2D eigenvalue weighted by Gasteiger charge is 2.19.